The summed E-state index contributed by atoms with van der Waals surface area (Å²) in [7, 11) is 0. The van der Waals surface area contributed by atoms with Gasteiger partial charge in [0.2, 0.25) is 0 Å². The van der Waals surface area contributed by atoms with Crippen LogP contribution in [0.15, 0.2) is 11.6 Å². The fourth-order valence-corrected chi connectivity index (χ4v) is 3.59. The van der Waals surface area contributed by atoms with Crippen LogP contribution in [0, 0.1) is 5.41 Å². The Balaban J connectivity index is 2.31. The van der Waals surface area contributed by atoms with Gasteiger partial charge in [0, 0.05) is 19.0 Å². The first kappa shape index (κ1) is 12.5. The normalized spacial score (nSPS) is 36.0. The second-order valence-corrected chi connectivity index (χ2v) is 5.94. The Morgan fingerprint density at radius 3 is 2.88 bits per heavy atom. The molecule has 0 amide bonds. The fourth-order valence-electron chi connectivity index (χ4n) is 2.56. The van der Waals surface area contributed by atoms with Crippen LogP contribution in [0.3, 0.4) is 0 Å². The number of ketones is 1. The van der Waals surface area contributed by atoms with Crippen LogP contribution in [0.4, 0.5) is 0 Å². The average molecular weight is 255 g/mol. The molecule has 2 aliphatic rings. The molecule has 5 heteroatoms. The van der Waals surface area contributed by atoms with Crippen LogP contribution in [-0.2, 0) is 14.3 Å². The number of esters is 1. The Bertz CT molecular complexity index is 372. The number of hydrogen-bond acceptors (Lipinski definition) is 5. The van der Waals surface area contributed by atoms with Gasteiger partial charge in [0.25, 0.3) is 0 Å². The van der Waals surface area contributed by atoms with Crippen molar-refractivity contribution >= 4 is 23.5 Å². The van der Waals surface area contributed by atoms with E-state index in [4.69, 9.17) is 4.74 Å². The van der Waals surface area contributed by atoms with E-state index in [0.29, 0.717) is 19.4 Å². The minimum absolute atomic E-state index is 0.147. The molecule has 0 aromatic carbocycles. The number of ether oxygens (including phenoxy) is 1. The van der Waals surface area contributed by atoms with Crippen LogP contribution in [0.5, 0.6) is 0 Å². The lowest BCUT2D eigenvalue weighted by atomic mass is 9.78. The molecule has 1 saturated carbocycles. The topological polar surface area (TPSA) is 55.4 Å². The van der Waals surface area contributed by atoms with Crippen molar-refractivity contribution in [1.82, 2.24) is 5.32 Å². The molecule has 1 heterocycles. The lowest BCUT2D eigenvalue weighted by molar-refractivity contribution is -0.158. The SMILES string of the molecule is CCOC(=O)C1(C2(C)NC=CS2)CCC(=O)C1. The maximum Gasteiger partial charge on any atom is 0.315 e. The molecule has 1 aliphatic heterocycles. The van der Waals surface area contributed by atoms with Gasteiger partial charge in [0.15, 0.2) is 0 Å². The Labute approximate surface area is 105 Å². The smallest absolute Gasteiger partial charge is 0.315 e. The minimum atomic E-state index is -0.728. The van der Waals surface area contributed by atoms with Crippen molar-refractivity contribution < 1.29 is 14.3 Å². The van der Waals surface area contributed by atoms with Gasteiger partial charge in [0.05, 0.1) is 6.61 Å². The zero-order valence-electron chi connectivity index (χ0n) is 10.1. The molecule has 17 heavy (non-hydrogen) atoms. The lowest BCUT2D eigenvalue weighted by Crippen LogP contribution is -2.54. The van der Waals surface area contributed by atoms with Gasteiger partial charge >= 0.3 is 5.97 Å². The van der Waals surface area contributed by atoms with Crippen LogP contribution in [0.1, 0.15) is 33.1 Å². The zero-order valence-corrected chi connectivity index (χ0v) is 10.9. The standard InChI is InChI=1S/C12H17NO3S/c1-3-16-10(15)12(5-4-9(14)8-12)11(2)13-6-7-17-11/h6-7,13H,3-5,8H2,1-2H3. The first-order valence-electron chi connectivity index (χ1n) is 5.83. The zero-order chi connectivity index (χ0) is 12.5. The second-order valence-electron chi connectivity index (χ2n) is 4.62. The Morgan fingerprint density at radius 1 is 1.65 bits per heavy atom. The monoisotopic (exact) mass is 255 g/mol. The summed E-state index contributed by atoms with van der Waals surface area (Å²) in [6, 6.07) is 0. The van der Waals surface area contributed by atoms with E-state index >= 15 is 0 Å². The maximum atomic E-state index is 12.2. The van der Waals surface area contributed by atoms with Crippen LogP contribution in [0.2, 0.25) is 0 Å². The van der Waals surface area contributed by atoms with Crippen LogP contribution < -0.4 is 5.32 Å². The molecule has 2 rings (SSSR count). The third-order valence-corrected chi connectivity index (χ3v) is 4.89. The third-order valence-electron chi connectivity index (χ3n) is 3.64. The Morgan fingerprint density at radius 2 is 2.41 bits per heavy atom. The summed E-state index contributed by atoms with van der Waals surface area (Å²) in [5.41, 5.74) is -0.728. The largest absolute Gasteiger partial charge is 0.465 e. The lowest BCUT2D eigenvalue weighted by Gasteiger charge is -2.40. The molecule has 94 valence electrons. The van der Waals surface area contributed by atoms with Crippen molar-refractivity contribution in [1.29, 1.82) is 0 Å². The van der Waals surface area contributed by atoms with E-state index in [9.17, 15) is 9.59 Å². The molecule has 2 unspecified atom stereocenters. The van der Waals surface area contributed by atoms with Crippen molar-refractivity contribution in [2.24, 2.45) is 5.41 Å². The molecule has 1 aliphatic carbocycles. The van der Waals surface area contributed by atoms with Crippen LogP contribution >= 0.6 is 11.8 Å². The third kappa shape index (κ3) is 1.86. The van der Waals surface area contributed by atoms with Crippen molar-refractivity contribution in [3.8, 4) is 0 Å². The molecule has 0 bridgehead atoms. The molecular formula is C12H17NO3S. The van der Waals surface area contributed by atoms with Gasteiger partial charge in [-0.15, -0.1) is 11.8 Å². The summed E-state index contributed by atoms with van der Waals surface area (Å²) in [4.78, 5) is 23.4. The summed E-state index contributed by atoms with van der Waals surface area (Å²) in [6.07, 6.45) is 3.15. The Kier molecular flexibility index (Phi) is 3.21. The van der Waals surface area contributed by atoms with E-state index in [1.54, 1.807) is 18.7 Å². The van der Waals surface area contributed by atoms with Crippen LogP contribution in [0.25, 0.3) is 0 Å². The number of thioether (sulfide) groups is 1. The van der Waals surface area contributed by atoms with E-state index in [-0.39, 0.29) is 18.2 Å². The predicted molar refractivity (Wildman–Crippen MR) is 66.2 cm³/mol. The molecule has 0 radical (unpaired) electrons. The first-order chi connectivity index (χ1) is 8.04. The molecule has 0 aromatic heterocycles. The molecular weight excluding hydrogens is 238 g/mol. The highest BCUT2D eigenvalue weighted by Gasteiger charge is 2.59. The number of carbonyl (C=O) groups excluding carboxylic acids is 2. The molecule has 2 atom stereocenters. The molecule has 1 N–H and O–H groups in total. The molecule has 1 fully saturated rings. The van der Waals surface area contributed by atoms with E-state index in [0.717, 1.165) is 0 Å². The van der Waals surface area contributed by atoms with E-state index in [2.05, 4.69) is 5.32 Å². The van der Waals surface area contributed by atoms with Gasteiger partial charge in [-0.05, 0) is 25.7 Å². The number of carbonyl (C=O) groups is 2. The van der Waals surface area contributed by atoms with Gasteiger partial charge < -0.3 is 10.1 Å². The van der Waals surface area contributed by atoms with Crippen molar-refractivity contribution in [3.63, 3.8) is 0 Å². The second kappa shape index (κ2) is 4.37. The number of rotatable bonds is 3. The minimum Gasteiger partial charge on any atom is -0.465 e. The molecule has 0 spiro atoms. The molecule has 0 aromatic rings. The van der Waals surface area contributed by atoms with Crippen molar-refractivity contribution in [2.75, 3.05) is 6.61 Å². The van der Waals surface area contributed by atoms with Gasteiger partial charge in [0.1, 0.15) is 16.1 Å². The van der Waals surface area contributed by atoms with Gasteiger partial charge in [-0.2, -0.15) is 0 Å². The highest BCUT2D eigenvalue weighted by molar-refractivity contribution is 8.03. The van der Waals surface area contributed by atoms with E-state index < -0.39 is 10.3 Å². The van der Waals surface area contributed by atoms with Gasteiger partial charge in [-0.25, -0.2) is 0 Å². The maximum absolute atomic E-state index is 12.2. The quantitative estimate of drug-likeness (QED) is 0.779. The van der Waals surface area contributed by atoms with E-state index in [1.807, 2.05) is 18.5 Å². The highest BCUT2D eigenvalue weighted by Crippen LogP contribution is 2.52. The van der Waals surface area contributed by atoms with Crippen molar-refractivity contribution in [2.45, 2.75) is 38.0 Å². The number of Topliss-reactive ketones (excluding diaryl/α,β-unsaturated/α-hetero) is 1. The summed E-state index contributed by atoms with van der Waals surface area (Å²) in [6.45, 7) is 4.11. The van der Waals surface area contributed by atoms with E-state index in [1.165, 1.54) is 0 Å². The van der Waals surface area contributed by atoms with Crippen molar-refractivity contribution in [3.05, 3.63) is 11.6 Å². The summed E-state index contributed by atoms with van der Waals surface area (Å²) in [5, 5.41) is 5.13. The summed E-state index contributed by atoms with van der Waals surface area (Å²) in [5.74, 6) is -0.106. The number of nitrogens with one attached hydrogen (secondary N) is 1. The average Bonchev–Trinajstić information content (AvgIpc) is 2.87. The fraction of sp³-hybridized carbons (Fsp3) is 0.667. The molecule has 4 nitrogen and oxygen atoms in total. The van der Waals surface area contributed by atoms with Gasteiger partial charge in [-0.1, -0.05) is 0 Å². The summed E-state index contributed by atoms with van der Waals surface area (Å²) >= 11 is 1.55. The summed E-state index contributed by atoms with van der Waals surface area (Å²) < 4.78 is 5.18. The highest BCUT2D eigenvalue weighted by atomic mass is 32.2. The van der Waals surface area contributed by atoms with Gasteiger partial charge in [-0.3, -0.25) is 9.59 Å². The predicted octanol–water partition coefficient (Wildman–Crippen LogP) is 1.81. The first-order valence-corrected chi connectivity index (χ1v) is 6.71. The molecule has 0 saturated heterocycles. The van der Waals surface area contributed by atoms with Crippen LogP contribution in [-0.4, -0.2) is 23.2 Å². The number of hydrogen-bond donors (Lipinski definition) is 1. The Hall–Kier alpha value is -0.970.